The van der Waals surface area contributed by atoms with Crippen LogP contribution in [-0.2, 0) is 14.3 Å². The summed E-state index contributed by atoms with van der Waals surface area (Å²) in [5, 5.41) is 12.4. The van der Waals surface area contributed by atoms with Gasteiger partial charge in [0.15, 0.2) is 0 Å². The zero-order valence-electron chi connectivity index (χ0n) is 19.9. The molecule has 2 N–H and O–H groups in total. The first-order valence-electron chi connectivity index (χ1n) is 11.9. The average molecular weight is 465 g/mol. The smallest absolute Gasteiger partial charge is 0.407 e. The Morgan fingerprint density at radius 1 is 1.09 bits per heavy atom. The molecule has 7 nitrogen and oxygen atoms in total. The molecule has 0 spiro atoms. The van der Waals surface area contributed by atoms with Gasteiger partial charge in [0.1, 0.15) is 18.2 Å². The van der Waals surface area contributed by atoms with Gasteiger partial charge < -0.3 is 20.1 Å². The van der Waals surface area contributed by atoms with Gasteiger partial charge in [0.2, 0.25) is 5.91 Å². The molecule has 0 bridgehead atoms. The molecule has 34 heavy (non-hydrogen) atoms. The molecule has 0 saturated carbocycles. The van der Waals surface area contributed by atoms with Gasteiger partial charge in [-0.25, -0.2) is 9.59 Å². The highest BCUT2D eigenvalue weighted by Gasteiger charge is 2.47. The van der Waals surface area contributed by atoms with Crippen LogP contribution in [0.4, 0.5) is 4.79 Å². The Kier molecular flexibility index (Phi) is 6.64. The number of aliphatic carboxylic acids is 1. The van der Waals surface area contributed by atoms with Crippen LogP contribution in [0.2, 0.25) is 0 Å². The van der Waals surface area contributed by atoms with Crippen LogP contribution in [0.15, 0.2) is 48.5 Å². The van der Waals surface area contributed by atoms with E-state index in [9.17, 15) is 19.5 Å². The minimum absolute atomic E-state index is 0.0775. The molecule has 2 unspecified atom stereocenters. The van der Waals surface area contributed by atoms with Gasteiger partial charge in [-0.2, -0.15) is 0 Å². The Bertz CT molecular complexity index is 1050. The number of nitrogens with one attached hydrogen (secondary N) is 1. The predicted molar refractivity (Wildman–Crippen MR) is 128 cm³/mol. The van der Waals surface area contributed by atoms with Gasteiger partial charge in [0.25, 0.3) is 0 Å². The predicted octanol–water partition coefficient (Wildman–Crippen LogP) is 4.41. The fourth-order valence-electron chi connectivity index (χ4n) is 5.20. The van der Waals surface area contributed by atoms with E-state index < -0.39 is 23.6 Å². The third-order valence-corrected chi connectivity index (χ3v) is 7.01. The molecule has 2 aromatic rings. The average Bonchev–Trinajstić information content (AvgIpc) is 3.35. The maximum absolute atomic E-state index is 13.3. The Balaban J connectivity index is 1.46. The van der Waals surface area contributed by atoms with Crippen molar-refractivity contribution in [3.63, 3.8) is 0 Å². The van der Waals surface area contributed by atoms with Crippen molar-refractivity contribution in [2.24, 2.45) is 5.92 Å². The summed E-state index contributed by atoms with van der Waals surface area (Å²) in [6, 6.07) is 15.3. The second-order valence-electron chi connectivity index (χ2n) is 9.82. The van der Waals surface area contributed by atoms with E-state index in [1.807, 2.05) is 50.2 Å². The van der Waals surface area contributed by atoms with E-state index in [-0.39, 0.29) is 24.3 Å². The molecule has 1 aliphatic heterocycles. The molecule has 1 fully saturated rings. The molecule has 1 aliphatic carbocycles. The number of hydrogen-bond donors (Lipinski definition) is 2. The van der Waals surface area contributed by atoms with Crippen molar-refractivity contribution in [3.05, 3.63) is 59.7 Å². The first-order chi connectivity index (χ1) is 16.2. The summed E-state index contributed by atoms with van der Waals surface area (Å²) < 4.78 is 5.63. The van der Waals surface area contributed by atoms with E-state index in [2.05, 4.69) is 17.4 Å². The molecular formula is C27H32N2O5. The molecule has 2 aromatic carbocycles. The van der Waals surface area contributed by atoms with Crippen LogP contribution < -0.4 is 5.32 Å². The van der Waals surface area contributed by atoms with Crippen molar-refractivity contribution >= 4 is 18.0 Å². The number of alkyl carbamates (subject to hydrolysis) is 1. The molecule has 7 heteroatoms. The summed E-state index contributed by atoms with van der Waals surface area (Å²) in [5.41, 5.74) is 3.25. The van der Waals surface area contributed by atoms with Crippen LogP contribution in [0.25, 0.3) is 11.1 Å². The van der Waals surface area contributed by atoms with Crippen molar-refractivity contribution in [1.29, 1.82) is 0 Å². The second kappa shape index (κ2) is 9.49. The summed E-state index contributed by atoms with van der Waals surface area (Å²) in [5.74, 6) is -1.35. The van der Waals surface area contributed by atoms with E-state index in [0.29, 0.717) is 25.8 Å². The monoisotopic (exact) mass is 464 g/mol. The number of likely N-dealkylation sites (tertiary alicyclic amines) is 1. The third kappa shape index (κ3) is 4.39. The fourth-order valence-corrected chi connectivity index (χ4v) is 5.20. The lowest BCUT2D eigenvalue weighted by molar-refractivity contribution is -0.156. The SMILES string of the molecule is CC(C)CC(NC(=O)OCC1c2ccccc2-c2ccccc21)C(=O)N1CCCC1(C)C(=O)O. The van der Waals surface area contributed by atoms with Crippen molar-refractivity contribution in [2.75, 3.05) is 13.2 Å². The van der Waals surface area contributed by atoms with E-state index >= 15 is 0 Å². The van der Waals surface area contributed by atoms with Gasteiger partial charge in [-0.3, -0.25) is 4.79 Å². The zero-order chi connectivity index (χ0) is 24.5. The van der Waals surface area contributed by atoms with E-state index in [1.165, 1.54) is 4.90 Å². The standard InChI is InChI=1S/C27H32N2O5/c1-17(2)15-23(24(30)29-14-8-13-27(29,3)25(31)32)28-26(33)34-16-22-20-11-6-4-9-18(20)19-10-5-7-12-21(19)22/h4-7,9-12,17,22-23H,8,13-16H2,1-3H3,(H,28,33)(H,31,32). The molecule has 0 radical (unpaired) electrons. The van der Waals surface area contributed by atoms with Gasteiger partial charge in [-0.05, 0) is 54.4 Å². The van der Waals surface area contributed by atoms with Crippen molar-refractivity contribution in [1.82, 2.24) is 10.2 Å². The Morgan fingerprint density at radius 3 is 2.24 bits per heavy atom. The first kappa shape index (κ1) is 23.8. The third-order valence-electron chi connectivity index (χ3n) is 7.01. The highest BCUT2D eigenvalue weighted by molar-refractivity contribution is 5.91. The van der Waals surface area contributed by atoms with Gasteiger partial charge >= 0.3 is 12.1 Å². The van der Waals surface area contributed by atoms with Crippen LogP contribution in [-0.4, -0.2) is 52.7 Å². The topological polar surface area (TPSA) is 95.9 Å². The number of carboxylic acid groups (broad SMARTS) is 1. The molecule has 1 heterocycles. The van der Waals surface area contributed by atoms with Crippen molar-refractivity contribution in [2.45, 2.75) is 57.5 Å². The minimum atomic E-state index is -1.25. The van der Waals surface area contributed by atoms with E-state index in [0.717, 1.165) is 22.3 Å². The minimum Gasteiger partial charge on any atom is -0.480 e. The molecule has 2 atom stereocenters. The van der Waals surface area contributed by atoms with Crippen LogP contribution >= 0.6 is 0 Å². The highest BCUT2D eigenvalue weighted by Crippen LogP contribution is 2.44. The number of hydrogen-bond acceptors (Lipinski definition) is 4. The number of fused-ring (bicyclic) bond motifs is 3. The largest absolute Gasteiger partial charge is 0.480 e. The van der Waals surface area contributed by atoms with Crippen LogP contribution in [0.1, 0.15) is 57.1 Å². The maximum atomic E-state index is 13.3. The van der Waals surface area contributed by atoms with Gasteiger partial charge in [-0.1, -0.05) is 62.4 Å². The number of carboxylic acids is 1. The fraction of sp³-hybridized carbons (Fsp3) is 0.444. The number of carbonyl (C=O) groups is 3. The van der Waals surface area contributed by atoms with E-state index in [4.69, 9.17) is 4.74 Å². The van der Waals surface area contributed by atoms with Gasteiger partial charge in [0.05, 0.1) is 0 Å². The van der Waals surface area contributed by atoms with Gasteiger partial charge in [-0.15, -0.1) is 0 Å². The van der Waals surface area contributed by atoms with Crippen LogP contribution in [0.5, 0.6) is 0 Å². The molecule has 2 aliphatic rings. The van der Waals surface area contributed by atoms with Gasteiger partial charge in [0, 0.05) is 12.5 Å². The Morgan fingerprint density at radius 2 is 1.68 bits per heavy atom. The summed E-state index contributed by atoms with van der Waals surface area (Å²) in [6.07, 6.45) is 0.744. The maximum Gasteiger partial charge on any atom is 0.407 e. The molecule has 180 valence electrons. The molecule has 2 amide bonds. The van der Waals surface area contributed by atoms with E-state index in [1.54, 1.807) is 6.92 Å². The van der Waals surface area contributed by atoms with Crippen molar-refractivity contribution < 1.29 is 24.2 Å². The quantitative estimate of drug-likeness (QED) is 0.633. The molecule has 0 aromatic heterocycles. The number of nitrogens with zero attached hydrogens (tertiary/aromatic N) is 1. The Hall–Kier alpha value is -3.35. The summed E-state index contributed by atoms with van der Waals surface area (Å²) in [4.78, 5) is 39.4. The molecular weight excluding hydrogens is 432 g/mol. The highest BCUT2D eigenvalue weighted by atomic mass is 16.5. The lowest BCUT2D eigenvalue weighted by Crippen LogP contribution is -2.57. The van der Waals surface area contributed by atoms with Crippen LogP contribution in [0.3, 0.4) is 0 Å². The summed E-state index contributed by atoms with van der Waals surface area (Å²) in [6.45, 7) is 6.00. The number of benzene rings is 2. The first-order valence-corrected chi connectivity index (χ1v) is 11.9. The second-order valence-corrected chi connectivity index (χ2v) is 9.82. The number of rotatable bonds is 7. The summed E-state index contributed by atoms with van der Waals surface area (Å²) in [7, 11) is 0. The normalized spacial score (nSPS) is 20.1. The Labute approximate surface area is 200 Å². The summed E-state index contributed by atoms with van der Waals surface area (Å²) >= 11 is 0. The number of ether oxygens (including phenoxy) is 1. The van der Waals surface area contributed by atoms with Crippen molar-refractivity contribution in [3.8, 4) is 11.1 Å². The lowest BCUT2D eigenvalue weighted by Gasteiger charge is -2.34. The lowest BCUT2D eigenvalue weighted by atomic mass is 9.97. The molecule has 4 rings (SSSR count). The number of carbonyl (C=O) groups excluding carboxylic acids is 2. The zero-order valence-corrected chi connectivity index (χ0v) is 19.9. The van der Waals surface area contributed by atoms with Crippen LogP contribution in [0, 0.1) is 5.92 Å². The number of amides is 2. The molecule has 1 saturated heterocycles.